The lowest BCUT2D eigenvalue weighted by Crippen LogP contribution is -2.44. The molecule has 0 radical (unpaired) electrons. The molecule has 0 amide bonds. The zero-order chi connectivity index (χ0) is 19.7. The summed E-state index contributed by atoms with van der Waals surface area (Å²) >= 11 is 0. The van der Waals surface area contributed by atoms with Gasteiger partial charge in [0, 0.05) is 50.8 Å². The Morgan fingerprint density at radius 1 is 1.14 bits per heavy atom. The van der Waals surface area contributed by atoms with Crippen molar-refractivity contribution in [2.75, 3.05) is 44.3 Å². The highest BCUT2D eigenvalue weighted by Crippen LogP contribution is 2.31. The predicted molar refractivity (Wildman–Crippen MR) is 107 cm³/mol. The van der Waals surface area contributed by atoms with E-state index in [0.717, 1.165) is 56.3 Å². The Bertz CT molecular complexity index is 808. The molecule has 0 unspecified atom stereocenters. The third-order valence-corrected chi connectivity index (χ3v) is 6.25. The second kappa shape index (κ2) is 8.01. The van der Waals surface area contributed by atoms with Crippen LogP contribution in [0.15, 0.2) is 22.9 Å². The van der Waals surface area contributed by atoms with Gasteiger partial charge in [-0.15, -0.1) is 0 Å². The van der Waals surface area contributed by atoms with Crippen molar-refractivity contribution in [1.82, 2.24) is 20.0 Å². The lowest BCUT2D eigenvalue weighted by molar-refractivity contribution is -0.186. The molecule has 3 aliphatic heterocycles. The zero-order valence-electron chi connectivity index (χ0n) is 17.0. The van der Waals surface area contributed by atoms with Gasteiger partial charge in [-0.1, -0.05) is 12.1 Å². The fourth-order valence-electron chi connectivity index (χ4n) is 4.57. The maximum Gasteiger partial charge on any atom is 0.241 e. The van der Waals surface area contributed by atoms with Crippen molar-refractivity contribution in [3.63, 3.8) is 0 Å². The van der Waals surface area contributed by atoms with E-state index in [2.05, 4.69) is 37.9 Å². The largest absolute Gasteiger partial charge is 0.356 e. The van der Waals surface area contributed by atoms with E-state index in [1.54, 1.807) is 0 Å². The highest BCUT2D eigenvalue weighted by molar-refractivity contribution is 5.55. The minimum absolute atomic E-state index is 0.351. The van der Waals surface area contributed by atoms with Crippen LogP contribution in [0.5, 0.6) is 0 Å². The summed E-state index contributed by atoms with van der Waals surface area (Å²) in [6, 6.07) is 4.10. The zero-order valence-corrected chi connectivity index (χ0v) is 17.0. The SMILES string of the molecule is C[C@@H]1CCCN(c2ccc(-c3noc(CN4CCC5(CC4)OCCO5)n3)cn2)C1. The smallest absolute Gasteiger partial charge is 0.241 e. The summed E-state index contributed by atoms with van der Waals surface area (Å²) in [7, 11) is 0. The number of pyridine rings is 1. The first-order valence-corrected chi connectivity index (χ1v) is 10.7. The average molecular weight is 399 g/mol. The average Bonchev–Trinajstić information content (AvgIpc) is 3.40. The second-order valence-corrected chi connectivity index (χ2v) is 8.49. The first-order valence-electron chi connectivity index (χ1n) is 10.7. The molecule has 5 heterocycles. The van der Waals surface area contributed by atoms with Crippen molar-refractivity contribution in [2.24, 2.45) is 5.92 Å². The number of rotatable bonds is 4. The molecule has 0 saturated carbocycles. The van der Waals surface area contributed by atoms with Gasteiger partial charge in [0.1, 0.15) is 5.82 Å². The molecule has 2 aromatic heterocycles. The minimum atomic E-state index is -0.351. The van der Waals surface area contributed by atoms with Gasteiger partial charge in [0.2, 0.25) is 11.7 Å². The predicted octanol–water partition coefficient (Wildman–Crippen LogP) is 2.71. The first-order chi connectivity index (χ1) is 14.2. The van der Waals surface area contributed by atoms with E-state index >= 15 is 0 Å². The van der Waals surface area contributed by atoms with Crippen LogP contribution in [0.4, 0.5) is 5.82 Å². The summed E-state index contributed by atoms with van der Waals surface area (Å²) in [5, 5.41) is 4.16. The molecule has 3 fully saturated rings. The van der Waals surface area contributed by atoms with Crippen LogP contribution in [-0.4, -0.2) is 65.2 Å². The Kier molecular flexibility index (Phi) is 5.24. The molecule has 8 nitrogen and oxygen atoms in total. The first kappa shape index (κ1) is 19.0. The van der Waals surface area contributed by atoms with E-state index in [-0.39, 0.29) is 5.79 Å². The Balaban J connectivity index is 1.19. The molecular weight excluding hydrogens is 370 g/mol. The van der Waals surface area contributed by atoms with Crippen molar-refractivity contribution in [3.05, 3.63) is 24.2 Å². The molecule has 5 rings (SSSR count). The van der Waals surface area contributed by atoms with Gasteiger partial charge in [0.05, 0.1) is 19.8 Å². The third kappa shape index (κ3) is 4.15. The maximum absolute atomic E-state index is 5.79. The fraction of sp³-hybridized carbons (Fsp3) is 0.667. The van der Waals surface area contributed by atoms with E-state index in [4.69, 9.17) is 14.0 Å². The van der Waals surface area contributed by atoms with Crippen LogP contribution < -0.4 is 4.90 Å². The van der Waals surface area contributed by atoms with Gasteiger partial charge in [-0.3, -0.25) is 4.90 Å². The molecule has 156 valence electrons. The molecule has 0 N–H and O–H groups in total. The van der Waals surface area contributed by atoms with Crippen LogP contribution >= 0.6 is 0 Å². The van der Waals surface area contributed by atoms with Crippen LogP contribution in [-0.2, 0) is 16.0 Å². The lowest BCUT2D eigenvalue weighted by atomic mass is 10.0. The van der Waals surface area contributed by atoms with Crippen molar-refractivity contribution >= 4 is 5.82 Å². The summed E-state index contributed by atoms with van der Waals surface area (Å²) < 4.78 is 17.1. The van der Waals surface area contributed by atoms with Gasteiger partial charge in [0.25, 0.3) is 0 Å². The molecule has 1 atom stereocenters. The van der Waals surface area contributed by atoms with Gasteiger partial charge in [-0.05, 0) is 30.9 Å². The minimum Gasteiger partial charge on any atom is -0.356 e. The fourth-order valence-corrected chi connectivity index (χ4v) is 4.57. The lowest BCUT2D eigenvalue weighted by Gasteiger charge is -2.36. The van der Waals surface area contributed by atoms with Crippen molar-refractivity contribution < 1.29 is 14.0 Å². The number of ether oxygens (including phenoxy) is 2. The molecule has 1 spiro atoms. The standard InChI is InChI=1S/C21H29N5O3/c1-16-3-2-8-26(14-16)18-5-4-17(13-22-18)20-23-19(29-24-20)15-25-9-6-21(7-10-25)27-11-12-28-21/h4-5,13,16H,2-3,6-12,14-15H2,1H3/t16-/m1/s1. The summed E-state index contributed by atoms with van der Waals surface area (Å²) in [4.78, 5) is 13.9. The molecule has 8 heteroatoms. The topological polar surface area (TPSA) is 76.8 Å². The van der Waals surface area contributed by atoms with E-state index in [9.17, 15) is 0 Å². The number of hydrogen-bond donors (Lipinski definition) is 0. The van der Waals surface area contributed by atoms with Crippen molar-refractivity contribution in [1.29, 1.82) is 0 Å². The molecular formula is C21H29N5O3. The highest BCUT2D eigenvalue weighted by Gasteiger charge is 2.39. The number of likely N-dealkylation sites (tertiary alicyclic amines) is 1. The van der Waals surface area contributed by atoms with Crippen LogP contribution in [0.3, 0.4) is 0 Å². The Morgan fingerprint density at radius 3 is 2.69 bits per heavy atom. The molecule has 2 aromatic rings. The van der Waals surface area contributed by atoms with Gasteiger partial charge in [-0.2, -0.15) is 4.98 Å². The van der Waals surface area contributed by atoms with Gasteiger partial charge in [0.15, 0.2) is 5.79 Å². The Labute approximate surface area is 171 Å². The van der Waals surface area contributed by atoms with Gasteiger partial charge in [-0.25, -0.2) is 4.98 Å². The maximum atomic E-state index is 5.79. The van der Waals surface area contributed by atoms with Crippen molar-refractivity contribution in [3.8, 4) is 11.4 Å². The molecule has 3 aliphatic rings. The van der Waals surface area contributed by atoms with E-state index < -0.39 is 0 Å². The normalized spacial score (nSPS) is 25.0. The number of hydrogen-bond acceptors (Lipinski definition) is 8. The summed E-state index contributed by atoms with van der Waals surface area (Å²) in [5.74, 6) is 2.64. The van der Waals surface area contributed by atoms with E-state index in [1.165, 1.54) is 12.8 Å². The quantitative estimate of drug-likeness (QED) is 0.777. The summed E-state index contributed by atoms with van der Waals surface area (Å²) in [6.07, 6.45) is 6.15. The highest BCUT2D eigenvalue weighted by atomic mass is 16.7. The summed E-state index contributed by atoms with van der Waals surface area (Å²) in [5.41, 5.74) is 0.888. The Hall–Kier alpha value is -2.03. The van der Waals surface area contributed by atoms with Crippen LogP contribution in [0, 0.1) is 5.92 Å². The molecule has 0 aliphatic carbocycles. The Morgan fingerprint density at radius 2 is 1.97 bits per heavy atom. The molecule has 0 aromatic carbocycles. The van der Waals surface area contributed by atoms with Gasteiger partial charge >= 0.3 is 0 Å². The van der Waals surface area contributed by atoms with E-state index in [1.807, 2.05) is 12.3 Å². The van der Waals surface area contributed by atoms with Crippen LogP contribution in [0.2, 0.25) is 0 Å². The van der Waals surface area contributed by atoms with Crippen molar-refractivity contribution in [2.45, 2.75) is 44.9 Å². The monoisotopic (exact) mass is 399 g/mol. The second-order valence-electron chi connectivity index (χ2n) is 8.49. The molecule has 3 saturated heterocycles. The molecule has 0 bridgehead atoms. The molecule has 29 heavy (non-hydrogen) atoms. The number of nitrogens with zero attached hydrogens (tertiary/aromatic N) is 5. The van der Waals surface area contributed by atoms with Crippen LogP contribution in [0.1, 0.15) is 38.5 Å². The number of piperidine rings is 2. The number of aromatic nitrogens is 3. The van der Waals surface area contributed by atoms with Crippen LogP contribution in [0.25, 0.3) is 11.4 Å². The third-order valence-electron chi connectivity index (χ3n) is 6.25. The van der Waals surface area contributed by atoms with Gasteiger partial charge < -0.3 is 18.9 Å². The number of anilines is 1. The van der Waals surface area contributed by atoms with E-state index in [0.29, 0.717) is 31.5 Å². The summed E-state index contributed by atoms with van der Waals surface area (Å²) in [6.45, 7) is 8.33.